The first-order chi connectivity index (χ1) is 8.16. The molecule has 88 valence electrons. The molecule has 2 aromatic rings. The summed E-state index contributed by atoms with van der Waals surface area (Å²) in [6.45, 7) is 2.05. The van der Waals surface area contributed by atoms with Crippen molar-refractivity contribution in [1.82, 2.24) is 25.1 Å². The number of hydrogen-bond donors (Lipinski definition) is 0. The highest BCUT2D eigenvalue weighted by molar-refractivity contribution is 5.44. The van der Waals surface area contributed by atoms with Crippen LogP contribution >= 0.6 is 0 Å². The highest BCUT2D eigenvalue weighted by atomic mass is 15.5. The molecule has 5 nitrogen and oxygen atoms in total. The van der Waals surface area contributed by atoms with Crippen LogP contribution in [0.1, 0.15) is 11.4 Å². The van der Waals surface area contributed by atoms with Gasteiger partial charge in [0.2, 0.25) is 0 Å². The minimum Gasteiger partial charge on any atom is -0.383 e. The summed E-state index contributed by atoms with van der Waals surface area (Å²) >= 11 is 0. The molecule has 0 aliphatic carbocycles. The first kappa shape index (κ1) is 11.3. The zero-order valence-electron chi connectivity index (χ0n) is 10.2. The Labute approximate surface area is 100 Å². The first-order valence-corrected chi connectivity index (χ1v) is 5.37. The minimum atomic E-state index is 0.711. The molecule has 2 rings (SSSR count). The van der Waals surface area contributed by atoms with Gasteiger partial charge in [-0.3, -0.25) is 0 Å². The molecule has 17 heavy (non-hydrogen) atoms. The third-order valence-corrected chi connectivity index (χ3v) is 2.29. The fourth-order valence-electron chi connectivity index (χ4n) is 1.38. The van der Waals surface area contributed by atoms with E-state index in [9.17, 15) is 0 Å². The van der Waals surface area contributed by atoms with Crippen LogP contribution in [0.4, 0.5) is 0 Å². The minimum absolute atomic E-state index is 0.711. The molecule has 0 aliphatic rings. The van der Waals surface area contributed by atoms with Crippen LogP contribution in [0.15, 0.2) is 30.5 Å². The largest absolute Gasteiger partial charge is 0.383 e. The molecular formula is C12H15N5. The lowest BCUT2D eigenvalue weighted by Crippen LogP contribution is -2.02. The molecule has 1 heterocycles. The lowest BCUT2D eigenvalue weighted by atomic mass is 10.2. The summed E-state index contributed by atoms with van der Waals surface area (Å²) in [6.07, 6.45) is 3.79. The van der Waals surface area contributed by atoms with Gasteiger partial charge in [-0.1, -0.05) is 17.7 Å². The Hall–Kier alpha value is -2.17. The monoisotopic (exact) mass is 229 g/mol. The molecule has 0 atom stereocenters. The van der Waals surface area contributed by atoms with Gasteiger partial charge in [-0.25, -0.2) is 0 Å². The quantitative estimate of drug-likeness (QED) is 0.800. The van der Waals surface area contributed by atoms with E-state index in [1.807, 2.05) is 55.5 Å². The lowest BCUT2D eigenvalue weighted by molar-refractivity contribution is 0.567. The first-order valence-electron chi connectivity index (χ1n) is 5.37. The van der Waals surface area contributed by atoms with E-state index >= 15 is 0 Å². The summed E-state index contributed by atoms with van der Waals surface area (Å²) < 4.78 is 1.71. The van der Waals surface area contributed by atoms with E-state index in [1.165, 1.54) is 5.56 Å². The van der Waals surface area contributed by atoms with Crippen molar-refractivity contribution in [3.05, 3.63) is 41.9 Å². The zero-order chi connectivity index (χ0) is 12.3. The van der Waals surface area contributed by atoms with Crippen LogP contribution in [0, 0.1) is 6.92 Å². The Balaban J connectivity index is 2.33. The van der Waals surface area contributed by atoms with E-state index in [1.54, 1.807) is 4.68 Å². The van der Waals surface area contributed by atoms with Crippen molar-refractivity contribution in [2.24, 2.45) is 0 Å². The molecule has 1 aromatic carbocycles. The van der Waals surface area contributed by atoms with E-state index in [0.717, 1.165) is 5.69 Å². The van der Waals surface area contributed by atoms with E-state index < -0.39 is 0 Å². The number of rotatable bonds is 3. The van der Waals surface area contributed by atoms with Gasteiger partial charge in [0.25, 0.3) is 0 Å². The fraction of sp³-hybridized carbons (Fsp3) is 0.250. The highest BCUT2D eigenvalue weighted by Crippen LogP contribution is 2.10. The van der Waals surface area contributed by atoms with Crippen molar-refractivity contribution in [2.45, 2.75) is 6.92 Å². The smallest absolute Gasteiger partial charge is 0.181 e. The second-order valence-electron chi connectivity index (χ2n) is 4.06. The Morgan fingerprint density at radius 3 is 2.53 bits per heavy atom. The number of hydrogen-bond acceptors (Lipinski definition) is 4. The second kappa shape index (κ2) is 4.78. The molecule has 0 N–H and O–H groups in total. The molecule has 0 saturated carbocycles. The summed E-state index contributed by atoms with van der Waals surface area (Å²) in [4.78, 5) is 1.94. The van der Waals surface area contributed by atoms with Gasteiger partial charge in [0.05, 0.1) is 5.69 Å². The van der Waals surface area contributed by atoms with Gasteiger partial charge in [0, 0.05) is 26.4 Å². The third-order valence-electron chi connectivity index (χ3n) is 2.29. The van der Waals surface area contributed by atoms with Crippen LogP contribution in [0.2, 0.25) is 0 Å². The summed E-state index contributed by atoms with van der Waals surface area (Å²) in [5.41, 5.74) is 2.17. The number of aryl methyl sites for hydroxylation is 1. The van der Waals surface area contributed by atoms with E-state index in [-0.39, 0.29) is 0 Å². The van der Waals surface area contributed by atoms with Gasteiger partial charge in [-0.05, 0) is 29.5 Å². The summed E-state index contributed by atoms with van der Waals surface area (Å²) in [5.74, 6) is 0.711. The number of benzene rings is 1. The maximum atomic E-state index is 3.98. The molecule has 5 heteroatoms. The SMILES string of the molecule is Cc1ccc(-n2nnnc2C=CN(C)C)cc1. The van der Waals surface area contributed by atoms with Gasteiger partial charge in [0.1, 0.15) is 0 Å². The van der Waals surface area contributed by atoms with Crippen LogP contribution in [0.3, 0.4) is 0 Å². The Morgan fingerprint density at radius 1 is 1.18 bits per heavy atom. The molecule has 0 spiro atoms. The van der Waals surface area contributed by atoms with Crippen LogP contribution < -0.4 is 0 Å². The second-order valence-corrected chi connectivity index (χ2v) is 4.06. The topological polar surface area (TPSA) is 46.8 Å². The van der Waals surface area contributed by atoms with Crippen molar-refractivity contribution >= 4 is 6.08 Å². The maximum Gasteiger partial charge on any atom is 0.181 e. The average molecular weight is 229 g/mol. The summed E-state index contributed by atoms with van der Waals surface area (Å²) in [6, 6.07) is 8.07. The zero-order valence-corrected chi connectivity index (χ0v) is 10.2. The maximum absolute atomic E-state index is 3.98. The normalized spacial score (nSPS) is 11.0. The van der Waals surface area contributed by atoms with E-state index in [4.69, 9.17) is 0 Å². The fourth-order valence-corrected chi connectivity index (χ4v) is 1.38. The van der Waals surface area contributed by atoms with Crippen molar-refractivity contribution in [1.29, 1.82) is 0 Å². The summed E-state index contributed by atoms with van der Waals surface area (Å²) in [5, 5.41) is 11.6. The Morgan fingerprint density at radius 2 is 1.88 bits per heavy atom. The van der Waals surface area contributed by atoms with Crippen molar-refractivity contribution in [2.75, 3.05) is 14.1 Å². The standard InChI is InChI=1S/C12H15N5/c1-10-4-6-11(7-5-10)17-12(13-14-15-17)8-9-16(2)3/h4-9H,1-3H3. The molecule has 0 unspecified atom stereocenters. The number of tetrazole rings is 1. The third kappa shape index (κ3) is 2.69. The molecule has 0 amide bonds. The lowest BCUT2D eigenvalue weighted by Gasteiger charge is -2.04. The van der Waals surface area contributed by atoms with Gasteiger partial charge < -0.3 is 4.90 Å². The number of aromatic nitrogens is 4. The molecule has 0 aliphatic heterocycles. The molecule has 0 saturated heterocycles. The highest BCUT2D eigenvalue weighted by Gasteiger charge is 2.04. The predicted molar refractivity (Wildman–Crippen MR) is 66.6 cm³/mol. The van der Waals surface area contributed by atoms with Crippen LogP contribution in [-0.4, -0.2) is 39.2 Å². The molecule has 0 fully saturated rings. The number of nitrogens with zero attached hydrogens (tertiary/aromatic N) is 5. The Bertz CT molecular complexity index is 510. The molecule has 0 bridgehead atoms. The van der Waals surface area contributed by atoms with Crippen molar-refractivity contribution < 1.29 is 0 Å². The van der Waals surface area contributed by atoms with Gasteiger partial charge in [-0.15, -0.1) is 5.10 Å². The van der Waals surface area contributed by atoms with Crippen LogP contribution in [0.5, 0.6) is 0 Å². The van der Waals surface area contributed by atoms with Crippen molar-refractivity contribution in [3.8, 4) is 5.69 Å². The van der Waals surface area contributed by atoms with Gasteiger partial charge in [0.15, 0.2) is 5.82 Å². The molecule has 0 radical (unpaired) electrons. The van der Waals surface area contributed by atoms with Gasteiger partial charge >= 0.3 is 0 Å². The van der Waals surface area contributed by atoms with Gasteiger partial charge in [-0.2, -0.15) is 4.68 Å². The Kier molecular flexibility index (Phi) is 3.18. The van der Waals surface area contributed by atoms with Crippen LogP contribution in [-0.2, 0) is 0 Å². The van der Waals surface area contributed by atoms with Crippen LogP contribution in [0.25, 0.3) is 11.8 Å². The van der Waals surface area contributed by atoms with Crippen molar-refractivity contribution in [3.63, 3.8) is 0 Å². The molecule has 1 aromatic heterocycles. The summed E-state index contributed by atoms with van der Waals surface area (Å²) in [7, 11) is 3.91. The predicted octanol–water partition coefficient (Wildman–Crippen LogP) is 1.50. The average Bonchev–Trinajstić information content (AvgIpc) is 2.75. The molecular weight excluding hydrogens is 214 g/mol. The van der Waals surface area contributed by atoms with E-state index in [0.29, 0.717) is 5.82 Å². The van der Waals surface area contributed by atoms with E-state index in [2.05, 4.69) is 22.4 Å².